The van der Waals surface area contributed by atoms with Gasteiger partial charge in [-0.15, -0.1) is 0 Å². The van der Waals surface area contributed by atoms with E-state index in [2.05, 4.69) is 15.5 Å². The van der Waals surface area contributed by atoms with Crippen LogP contribution in [0.1, 0.15) is 44.3 Å². The fraction of sp³-hybridized carbons (Fsp3) is 0.786. The molecule has 1 aliphatic heterocycles. The zero-order valence-electron chi connectivity index (χ0n) is 12.4. The van der Waals surface area contributed by atoms with Gasteiger partial charge in [-0.2, -0.15) is 4.98 Å². The van der Waals surface area contributed by atoms with Gasteiger partial charge < -0.3 is 14.7 Å². The molecule has 1 aromatic heterocycles. The van der Waals surface area contributed by atoms with E-state index in [0.717, 1.165) is 25.9 Å². The third kappa shape index (κ3) is 4.30. The monoisotopic (exact) mass is 280 g/mol. The second-order valence-electron chi connectivity index (χ2n) is 5.40. The van der Waals surface area contributed by atoms with Crippen LogP contribution in [0.3, 0.4) is 0 Å². The van der Waals surface area contributed by atoms with Gasteiger partial charge in [0.15, 0.2) is 5.82 Å². The van der Waals surface area contributed by atoms with Gasteiger partial charge in [-0.25, -0.2) is 0 Å². The standard InChI is InChI=1S/C14H24N4O2/c1-11(14(19)18-9-5-3-4-6-10-18)15-8-7-13-16-12(2)17-20-13/h11,15H,3-10H2,1-2H3. The lowest BCUT2D eigenvalue weighted by Gasteiger charge is -2.24. The van der Waals surface area contributed by atoms with Crippen molar-refractivity contribution in [2.24, 2.45) is 0 Å². The Morgan fingerprint density at radius 2 is 2.05 bits per heavy atom. The molecule has 0 aromatic carbocycles. The smallest absolute Gasteiger partial charge is 0.239 e. The van der Waals surface area contributed by atoms with Crippen molar-refractivity contribution in [1.29, 1.82) is 0 Å². The van der Waals surface area contributed by atoms with E-state index in [1.807, 2.05) is 11.8 Å². The lowest BCUT2D eigenvalue weighted by atomic mass is 10.2. The molecule has 1 unspecified atom stereocenters. The number of likely N-dealkylation sites (tertiary alicyclic amines) is 1. The summed E-state index contributed by atoms with van der Waals surface area (Å²) < 4.78 is 5.04. The number of hydrogen-bond acceptors (Lipinski definition) is 5. The molecule has 2 heterocycles. The molecule has 1 aliphatic rings. The second kappa shape index (κ2) is 7.38. The molecule has 1 aromatic rings. The van der Waals surface area contributed by atoms with Crippen molar-refractivity contribution in [3.8, 4) is 0 Å². The van der Waals surface area contributed by atoms with Crippen LogP contribution in [-0.2, 0) is 11.2 Å². The first-order chi connectivity index (χ1) is 9.66. The highest BCUT2D eigenvalue weighted by molar-refractivity contribution is 5.81. The minimum atomic E-state index is -0.155. The number of hydrogen-bond donors (Lipinski definition) is 1. The van der Waals surface area contributed by atoms with Crippen molar-refractivity contribution in [1.82, 2.24) is 20.4 Å². The summed E-state index contributed by atoms with van der Waals surface area (Å²) in [7, 11) is 0. The van der Waals surface area contributed by atoms with Crippen molar-refractivity contribution < 1.29 is 9.32 Å². The van der Waals surface area contributed by atoms with Gasteiger partial charge in [-0.1, -0.05) is 18.0 Å². The summed E-state index contributed by atoms with van der Waals surface area (Å²) in [5.74, 6) is 1.46. The minimum absolute atomic E-state index is 0.155. The summed E-state index contributed by atoms with van der Waals surface area (Å²) in [6, 6.07) is -0.155. The third-order valence-corrected chi connectivity index (χ3v) is 3.65. The summed E-state index contributed by atoms with van der Waals surface area (Å²) in [5.41, 5.74) is 0. The Labute approximate surface area is 119 Å². The second-order valence-corrected chi connectivity index (χ2v) is 5.40. The fourth-order valence-electron chi connectivity index (χ4n) is 2.49. The Morgan fingerprint density at radius 3 is 2.65 bits per heavy atom. The highest BCUT2D eigenvalue weighted by Gasteiger charge is 2.20. The predicted octanol–water partition coefficient (Wildman–Crippen LogP) is 1.30. The SMILES string of the molecule is Cc1noc(CCNC(C)C(=O)N2CCCCCC2)n1. The van der Waals surface area contributed by atoms with E-state index in [4.69, 9.17) is 4.52 Å². The van der Waals surface area contributed by atoms with E-state index in [1.54, 1.807) is 6.92 Å². The van der Waals surface area contributed by atoms with Crippen LogP contribution in [0.4, 0.5) is 0 Å². The van der Waals surface area contributed by atoms with E-state index in [9.17, 15) is 4.79 Å². The lowest BCUT2D eigenvalue weighted by molar-refractivity contribution is -0.133. The van der Waals surface area contributed by atoms with Crippen molar-refractivity contribution in [3.05, 3.63) is 11.7 Å². The molecule has 1 saturated heterocycles. The molecule has 2 rings (SSSR count). The summed E-state index contributed by atoms with van der Waals surface area (Å²) in [4.78, 5) is 18.4. The summed E-state index contributed by atoms with van der Waals surface area (Å²) >= 11 is 0. The van der Waals surface area contributed by atoms with Crippen molar-refractivity contribution >= 4 is 5.91 Å². The van der Waals surface area contributed by atoms with Crippen LogP contribution >= 0.6 is 0 Å². The molecule has 6 nitrogen and oxygen atoms in total. The maximum Gasteiger partial charge on any atom is 0.239 e. The topological polar surface area (TPSA) is 71.3 Å². The van der Waals surface area contributed by atoms with Gasteiger partial charge >= 0.3 is 0 Å². The summed E-state index contributed by atoms with van der Waals surface area (Å²) in [6.45, 7) is 6.18. The Balaban J connectivity index is 1.73. The number of nitrogens with zero attached hydrogens (tertiary/aromatic N) is 3. The van der Waals surface area contributed by atoms with Gasteiger partial charge in [0.05, 0.1) is 6.04 Å². The Kier molecular flexibility index (Phi) is 5.52. The first kappa shape index (κ1) is 15.0. The van der Waals surface area contributed by atoms with E-state index >= 15 is 0 Å². The highest BCUT2D eigenvalue weighted by atomic mass is 16.5. The van der Waals surface area contributed by atoms with Gasteiger partial charge in [0, 0.05) is 26.1 Å². The average molecular weight is 280 g/mol. The number of aryl methyl sites for hydroxylation is 1. The normalized spacial score (nSPS) is 17.8. The zero-order valence-corrected chi connectivity index (χ0v) is 12.4. The summed E-state index contributed by atoms with van der Waals surface area (Å²) in [6.07, 6.45) is 5.38. The molecule has 0 saturated carbocycles. The molecule has 0 bridgehead atoms. The maximum absolute atomic E-state index is 12.3. The first-order valence-electron chi connectivity index (χ1n) is 7.48. The lowest BCUT2D eigenvalue weighted by Crippen LogP contribution is -2.45. The molecule has 1 amide bonds. The van der Waals surface area contributed by atoms with Crippen LogP contribution in [0, 0.1) is 6.92 Å². The molecule has 1 atom stereocenters. The van der Waals surface area contributed by atoms with Crippen LogP contribution in [0.5, 0.6) is 0 Å². The van der Waals surface area contributed by atoms with Crippen LogP contribution in [0.15, 0.2) is 4.52 Å². The molecule has 0 aliphatic carbocycles. The molecule has 1 N–H and O–H groups in total. The van der Waals surface area contributed by atoms with Crippen LogP contribution in [0.2, 0.25) is 0 Å². The number of rotatable bonds is 5. The minimum Gasteiger partial charge on any atom is -0.341 e. The van der Waals surface area contributed by atoms with E-state index in [-0.39, 0.29) is 11.9 Å². The molecule has 0 spiro atoms. The maximum atomic E-state index is 12.3. The van der Waals surface area contributed by atoms with Gasteiger partial charge in [0.2, 0.25) is 11.8 Å². The highest BCUT2D eigenvalue weighted by Crippen LogP contribution is 2.10. The van der Waals surface area contributed by atoms with Gasteiger partial charge in [0.25, 0.3) is 0 Å². The Morgan fingerprint density at radius 1 is 1.35 bits per heavy atom. The fourth-order valence-corrected chi connectivity index (χ4v) is 2.49. The first-order valence-corrected chi connectivity index (χ1v) is 7.48. The van der Waals surface area contributed by atoms with E-state index < -0.39 is 0 Å². The van der Waals surface area contributed by atoms with Crippen molar-refractivity contribution in [3.63, 3.8) is 0 Å². The Bertz CT molecular complexity index is 425. The zero-order chi connectivity index (χ0) is 14.4. The number of amides is 1. The van der Waals surface area contributed by atoms with Crippen molar-refractivity contribution in [2.45, 2.75) is 52.0 Å². The van der Waals surface area contributed by atoms with E-state index in [0.29, 0.717) is 24.7 Å². The largest absolute Gasteiger partial charge is 0.341 e. The Hall–Kier alpha value is -1.43. The molecular weight excluding hydrogens is 256 g/mol. The molecule has 0 radical (unpaired) electrons. The van der Waals surface area contributed by atoms with Crippen LogP contribution in [0.25, 0.3) is 0 Å². The summed E-state index contributed by atoms with van der Waals surface area (Å²) in [5, 5.41) is 6.98. The number of carbonyl (C=O) groups is 1. The molecule has 112 valence electrons. The number of aromatic nitrogens is 2. The number of nitrogens with one attached hydrogen (secondary N) is 1. The van der Waals surface area contributed by atoms with Crippen LogP contribution < -0.4 is 5.32 Å². The average Bonchev–Trinajstić information content (AvgIpc) is 2.68. The molecule has 6 heteroatoms. The molecule has 20 heavy (non-hydrogen) atoms. The van der Waals surface area contributed by atoms with Gasteiger partial charge in [-0.05, 0) is 26.7 Å². The quantitative estimate of drug-likeness (QED) is 0.880. The van der Waals surface area contributed by atoms with Gasteiger partial charge in [-0.3, -0.25) is 4.79 Å². The van der Waals surface area contributed by atoms with Crippen molar-refractivity contribution in [2.75, 3.05) is 19.6 Å². The molecular formula is C14H24N4O2. The van der Waals surface area contributed by atoms with Crippen LogP contribution in [-0.4, -0.2) is 46.6 Å². The van der Waals surface area contributed by atoms with Gasteiger partial charge in [0.1, 0.15) is 0 Å². The predicted molar refractivity (Wildman–Crippen MR) is 75.3 cm³/mol. The van der Waals surface area contributed by atoms with E-state index in [1.165, 1.54) is 12.8 Å². The third-order valence-electron chi connectivity index (χ3n) is 3.65. The molecule has 1 fully saturated rings. The number of carbonyl (C=O) groups excluding carboxylic acids is 1.